The predicted molar refractivity (Wildman–Crippen MR) is 65.3 cm³/mol. The van der Waals surface area contributed by atoms with Crippen molar-refractivity contribution in [1.29, 1.82) is 0 Å². The summed E-state index contributed by atoms with van der Waals surface area (Å²) in [6, 6.07) is 2.00. The zero-order valence-corrected chi connectivity index (χ0v) is 10.6. The normalized spacial score (nSPS) is 16.5. The molecular formula is C11H14BrN3. The van der Waals surface area contributed by atoms with Crippen LogP contribution in [0.25, 0.3) is 0 Å². The lowest BCUT2D eigenvalue weighted by Gasteiger charge is -2.25. The highest BCUT2D eigenvalue weighted by atomic mass is 79.9. The Hall–Kier alpha value is -0.900. The van der Waals surface area contributed by atoms with Crippen molar-refractivity contribution in [2.45, 2.75) is 20.3 Å². The summed E-state index contributed by atoms with van der Waals surface area (Å²) in [7, 11) is 0. The number of hydrogen-bond donors (Lipinski definition) is 0. The van der Waals surface area contributed by atoms with Crippen LogP contribution < -0.4 is 4.90 Å². The van der Waals surface area contributed by atoms with E-state index in [1.807, 2.05) is 19.9 Å². The van der Waals surface area contributed by atoms with Gasteiger partial charge in [0.15, 0.2) is 0 Å². The fourth-order valence-electron chi connectivity index (χ4n) is 1.72. The largest absolute Gasteiger partial charge is 0.336 e. The minimum atomic E-state index is 0.845. The number of rotatable bonds is 1. The van der Waals surface area contributed by atoms with Gasteiger partial charge in [0.25, 0.3) is 0 Å². The first-order chi connectivity index (χ1) is 7.15. The summed E-state index contributed by atoms with van der Waals surface area (Å²) in [5, 5.41) is 0. The third-order valence-electron chi connectivity index (χ3n) is 2.36. The molecule has 0 saturated heterocycles. The van der Waals surface area contributed by atoms with E-state index in [1.54, 1.807) is 0 Å². The minimum Gasteiger partial charge on any atom is -0.336 e. The van der Waals surface area contributed by atoms with Crippen LogP contribution in [-0.4, -0.2) is 23.1 Å². The number of hydrogen-bond acceptors (Lipinski definition) is 3. The second-order valence-corrected chi connectivity index (χ2v) is 4.83. The van der Waals surface area contributed by atoms with Crippen molar-refractivity contribution < 1.29 is 0 Å². The van der Waals surface area contributed by atoms with Gasteiger partial charge in [0.2, 0.25) is 5.95 Å². The first-order valence-corrected chi connectivity index (χ1v) is 5.86. The second-order valence-electron chi connectivity index (χ2n) is 3.81. The Kier molecular flexibility index (Phi) is 3.05. The van der Waals surface area contributed by atoms with Crippen LogP contribution in [0.1, 0.15) is 17.8 Å². The summed E-state index contributed by atoms with van der Waals surface area (Å²) in [6.07, 6.45) is 3.26. The molecule has 2 rings (SSSR count). The summed E-state index contributed by atoms with van der Waals surface area (Å²) in [4.78, 5) is 11.1. The number of halogens is 1. The molecule has 1 aliphatic heterocycles. The standard InChI is InChI=1S/C11H14BrN3/c1-8-6-9(2)14-11(13-8)15-5-3-4-10(12)7-15/h4,6H,3,5,7H2,1-2H3. The fourth-order valence-corrected chi connectivity index (χ4v) is 2.25. The van der Waals surface area contributed by atoms with Crippen molar-refractivity contribution in [3.8, 4) is 0 Å². The summed E-state index contributed by atoms with van der Waals surface area (Å²) >= 11 is 3.53. The van der Waals surface area contributed by atoms with Crippen LogP contribution in [0.15, 0.2) is 16.6 Å². The Balaban J connectivity index is 2.26. The highest BCUT2D eigenvalue weighted by molar-refractivity contribution is 9.11. The van der Waals surface area contributed by atoms with E-state index < -0.39 is 0 Å². The van der Waals surface area contributed by atoms with E-state index in [0.717, 1.165) is 36.8 Å². The van der Waals surface area contributed by atoms with Crippen molar-refractivity contribution in [3.63, 3.8) is 0 Å². The zero-order chi connectivity index (χ0) is 10.8. The molecule has 0 N–H and O–H groups in total. The summed E-state index contributed by atoms with van der Waals surface area (Å²) in [6.45, 7) is 5.89. The third-order valence-corrected chi connectivity index (χ3v) is 2.93. The molecule has 0 fully saturated rings. The molecule has 0 aliphatic carbocycles. The molecule has 0 amide bonds. The molecule has 4 heteroatoms. The lowest BCUT2D eigenvalue weighted by Crippen LogP contribution is -2.30. The highest BCUT2D eigenvalue weighted by Gasteiger charge is 2.14. The van der Waals surface area contributed by atoms with Crippen molar-refractivity contribution in [2.24, 2.45) is 0 Å². The van der Waals surface area contributed by atoms with Crippen LogP contribution in [0.5, 0.6) is 0 Å². The van der Waals surface area contributed by atoms with Crippen LogP contribution in [0.3, 0.4) is 0 Å². The Morgan fingerprint density at radius 1 is 1.27 bits per heavy atom. The van der Waals surface area contributed by atoms with Gasteiger partial charge in [-0.15, -0.1) is 0 Å². The average Bonchev–Trinajstić information content (AvgIpc) is 2.16. The monoisotopic (exact) mass is 267 g/mol. The molecule has 0 radical (unpaired) electrons. The van der Waals surface area contributed by atoms with E-state index >= 15 is 0 Å². The van der Waals surface area contributed by atoms with Gasteiger partial charge in [-0.05, 0) is 26.3 Å². The molecule has 80 valence electrons. The molecular weight excluding hydrogens is 254 g/mol. The molecule has 0 unspecified atom stereocenters. The molecule has 1 aliphatic rings. The molecule has 0 atom stereocenters. The number of nitrogens with zero attached hydrogens (tertiary/aromatic N) is 3. The van der Waals surface area contributed by atoms with Gasteiger partial charge in [0, 0.05) is 22.4 Å². The SMILES string of the molecule is Cc1cc(C)nc(N2CCC=C(Br)C2)n1. The quantitative estimate of drug-likeness (QED) is 0.783. The second kappa shape index (κ2) is 4.31. The third kappa shape index (κ3) is 2.56. The van der Waals surface area contributed by atoms with E-state index in [2.05, 4.69) is 36.9 Å². The number of aryl methyl sites for hydroxylation is 2. The topological polar surface area (TPSA) is 29.0 Å². The highest BCUT2D eigenvalue weighted by Crippen LogP contribution is 2.19. The average molecular weight is 268 g/mol. The molecule has 0 aromatic carbocycles. The van der Waals surface area contributed by atoms with Crippen molar-refractivity contribution >= 4 is 21.9 Å². The molecule has 15 heavy (non-hydrogen) atoms. The van der Waals surface area contributed by atoms with E-state index in [-0.39, 0.29) is 0 Å². The lowest BCUT2D eigenvalue weighted by atomic mass is 10.2. The lowest BCUT2D eigenvalue weighted by molar-refractivity contribution is 0.775. The Bertz CT molecular complexity index is 381. The zero-order valence-electron chi connectivity index (χ0n) is 9.00. The first-order valence-electron chi connectivity index (χ1n) is 5.07. The molecule has 2 heterocycles. The van der Waals surface area contributed by atoms with Crippen LogP contribution >= 0.6 is 15.9 Å². The molecule has 0 saturated carbocycles. The van der Waals surface area contributed by atoms with Crippen molar-refractivity contribution in [2.75, 3.05) is 18.0 Å². The first kappa shape index (κ1) is 10.6. The van der Waals surface area contributed by atoms with Crippen molar-refractivity contribution in [1.82, 2.24) is 9.97 Å². The fraction of sp³-hybridized carbons (Fsp3) is 0.455. The minimum absolute atomic E-state index is 0.845. The Labute approximate surface area is 98.4 Å². The molecule has 1 aromatic heterocycles. The summed E-state index contributed by atoms with van der Waals surface area (Å²) < 4.78 is 1.22. The predicted octanol–water partition coefficient (Wildman–Crippen LogP) is 2.58. The molecule has 1 aromatic rings. The smallest absolute Gasteiger partial charge is 0.226 e. The summed E-state index contributed by atoms with van der Waals surface area (Å²) in [5.41, 5.74) is 2.06. The Morgan fingerprint density at radius 3 is 2.53 bits per heavy atom. The maximum Gasteiger partial charge on any atom is 0.226 e. The van der Waals surface area contributed by atoms with Crippen LogP contribution in [0.4, 0.5) is 5.95 Å². The number of anilines is 1. The van der Waals surface area contributed by atoms with Gasteiger partial charge >= 0.3 is 0 Å². The van der Waals surface area contributed by atoms with Crippen LogP contribution in [0.2, 0.25) is 0 Å². The van der Waals surface area contributed by atoms with E-state index in [9.17, 15) is 0 Å². The van der Waals surface area contributed by atoms with E-state index in [4.69, 9.17) is 0 Å². The maximum absolute atomic E-state index is 4.46. The van der Waals surface area contributed by atoms with Crippen molar-refractivity contribution in [3.05, 3.63) is 28.0 Å². The van der Waals surface area contributed by atoms with Crippen LogP contribution in [-0.2, 0) is 0 Å². The van der Waals surface area contributed by atoms with Gasteiger partial charge in [-0.2, -0.15) is 0 Å². The van der Waals surface area contributed by atoms with Gasteiger partial charge in [-0.25, -0.2) is 9.97 Å². The van der Waals surface area contributed by atoms with E-state index in [0.29, 0.717) is 0 Å². The molecule has 0 spiro atoms. The van der Waals surface area contributed by atoms with Gasteiger partial charge in [-0.1, -0.05) is 22.0 Å². The summed E-state index contributed by atoms with van der Waals surface area (Å²) in [5.74, 6) is 0.845. The van der Waals surface area contributed by atoms with E-state index in [1.165, 1.54) is 4.48 Å². The van der Waals surface area contributed by atoms with Gasteiger partial charge in [-0.3, -0.25) is 0 Å². The Morgan fingerprint density at radius 2 is 1.93 bits per heavy atom. The van der Waals surface area contributed by atoms with Crippen LogP contribution in [0, 0.1) is 13.8 Å². The molecule has 0 bridgehead atoms. The van der Waals surface area contributed by atoms with Gasteiger partial charge in [0.1, 0.15) is 0 Å². The van der Waals surface area contributed by atoms with Gasteiger partial charge in [0.05, 0.1) is 6.54 Å². The maximum atomic E-state index is 4.46. The molecule has 3 nitrogen and oxygen atoms in total. The van der Waals surface area contributed by atoms with Gasteiger partial charge < -0.3 is 4.90 Å². The number of aromatic nitrogens is 2.